The van der Waals surface area contributed by atoms with Crippen molar-refractivity contribution < 1.29 is 14.7 Å². The highest BCUT2D eigenvalue weighted by molar-refractivity contribution is 5.73. The van der Waals surface area contributed by atoms with Crippen molar-refractivity contribution in [1.29, 1.82) is 0 Å². The Kier molecular flexibility index (Phi) is 3.93. The second-order valence-electron chi connectivity index (χ2n) is 1.79. The van der Waals surface area contributed by atoms with Crippen LogP contribution in [0, 0.1) is 0 Å². The van der Waals surface area contributed by atoms with E-state index < -0.39 is 12.0 Å². The van der Waals surface area contributed by atoms with E-state index in [2.05, 4.69) is 0 Å². The molecule has 0 saturated heterocycles. The molecule has 0 unspecified atom stereocenters. The lowest BCUT2D eigenvalue weighted by Gasteiger charge is -2.13. The highest BCUT2D eigenvalue weighted by Crippen LogP contribution is 1.83. The Bertz CT molecular complexity index is 159. The highest BCUT2D eigenvalue weighted by Gasteiger charge is 2.07. The van der Waals surface area contributed by atoms with Gasteiger partial charge in [0.1, 0.15) is 0 Å². The number of nitrogens with one attached hydrogen (secondary N) is 1. The van der Waals surface area contributed by atoms with Crippen LogP contribution in [0.3, 0.4) is 0 Å². The van der Waals surface area contributed by atoms with Gasteiger partial charge >= 0.3 is 12.0 Å². The quantitative estimate of drug-likeness (QED) is 0.222. The molecule has 0 fully saturated rings. The number of rotatable bonds is 3. The number of nitrogens with two attached hydrogens (primary N) is 2. The third kappa shape index (κ3) is 4.12. The van der Waals surface area contributed by atoms with Crippen LogP contribution < -0.4 is 17.1 Å². The Balaban J connectivity index is 3.60. The fourth-order valence-corrected chi connectivity index (χ4v) is 0.401. The normalized spacial score (nSPS) is 8.91. The van der Waals surface area contributed by atoms with Gasteiger partial charge in [0.25, 0.3) is 0 Å². The summed E-state index contributed by atoms with van der Waals surface area (Å²) in [6.07, 6.45) is -0.204. The predicted molar refractivity (Wildman–Crippen MR) is 35.9 cm³/mol. The molecule has 0 aliphatic heterocycles. The molecule has 0 radical (unpaired) electrons. The van der Waals surface area contributed by atoms with Crippen molar-refractivity contribution in [2.75, 3.05) is 6.54 Å². The van der Waals surface area contributed by atoms with Gasteiger partial charge in [-0.25, -0.2) is 16.5 Å². The van der Waals surface area contributed by atoms with E-state index in [9.17, 15) is 9.59 Å². The van der Waals surface area contributed by atoms with Crippen molar-refractivity contribution >= 4 is 12.0 Å². The van der Waals surface area contributed by atoms with Gasteiger partial charge in [-0.3, -0.25) is 15.2 Å². The lowest BCUT2D eigenvalue weighted by Crippen LogP contribution is -2.48. The number of hydrogen-bond donors (Lipinski definition) is 4. The van der Waals surface area contributed by atoms with E-state index in [1.165, 1.54) is 0 Å². The first-order valence-corrected chi connectivity index (χ1v) is 2.82. The van der Waals surface area contributed by atoms with E-state index in [1.807, 2.05) is 0 Å². The van der Waals surface area contributed by atoms with Crippen molar-refractivity contribution in [3.8, 4) is 0 Å². The third-order valence-electron chi connectivity index (χ3n) is 0.951. The van der Waals surface area contributed by atoms with E-state index in [4.69, 9.17) is 16.8 Å². The molecule has 2 amide bonds. The molecular weight excluding hydrogens is 152 g/mol. The van der Waals surface area contributed by atoms with E-state index in [0.717, 1.165) is 0 Å². The molecule has 0 heterocycles. The molecule has 0 spiro atoms. The Hall–Kier alpha value is -1.34. The molecule has 7 nitrogen and oxygen atoms in total. The third-order valence-corrected chi connectivity index (χ3v) is 0.951. The molecule has 0 aromatic carbocycles. The first-order chi connectivity index (χ1) is 5.07. The summed E-state index contributed by atoms with van der Waals surface area (Å²) in [5.74, 6) is 8.74. The minimum atomic E-state index is -1.02. The van der Waals surface area contributed by atoms with Crippen molar-refractivity contribution in [2.24, 2.45) is 11.7 Å². The Morgan fingerprint density at radius 1 is 1.55 bits per heavy atom. The summed E-state index contributed by atoms with van der Waals surface area (Å²) in [4.78, 5) is 20.5. The molecule has 64 valence electrons. The van der Waals surface area contributed by atoms with Crippen LogP contribution in [0.1, 0.15) is 6.42 Å². The summed E-state index contributed by atoms with van der Waals surface area (Å²) >= 11 is 0. The van der Waals surface area contributed by atoms with Gasteiger partial charge in [-0.15, -0.1) is 0 Å². The number of carbonyl (C=O) groups excluding carboxylic acids is 1. The number of aliphatic carboxylic acids is 1. The van der Waals surface area contributed by atoms with E-state index in [0.29, 0.717) is 5.01 Å². The number of carboxylic acid groups (broad SMARTS) is 1. The van der Waals surface area contributed by atoms with Gasteiger partial charge in [-0.2, -0.15) is 0 Å². The Morgan fingerprint density at radius 2 is 2.09 bits per heavy atom. The lowest BCUT2D eigenvalue weighted by atomic mass is 10.4. The minimum Gasteiger partial charge on any atom is -0.481 e. The minimum absolute atomic E-state index is 0.0711. The van der Waals surface area contributed by atoms with Gasteiger partial charge in [0.2, 0.25) is 0 Å². The van der Waals surface area contributed by atoms with E-state index >= 15 is 0 Å². The molecule has 6 N–H and O–H groups in total. The molecule has 0 aromatic rings. The summed E-state index contributed by atoms with van der Waals surface area (Å²) in [5.41, 5.74) is 1.76. The number of carboxylic acids is 1. The Labute approximate surface area is 62.9 Å². The molecule has 0 aromatic heterocycles. The number of amides is 2. The van der Waals surface area contributed by atoms with Crippen molar-refractivity contribution in [1.82, 2.24) is 10.4 Å². The second kappa shape index (κ2) is 4.47. The van der Waals surface area contributed by atoms with Gasteiger partial charge in [0.15, 0.2) is 0 Å². The van der Waals surface area contributed by atoms with Crippen LogP contribution in [0.5, 0.6) is 0 Å². The average molecular weight is 162 g/mol. The zero-order valence-corrected chi connectivity index (χ0v) is 5.78. The molecule has 0 rings (SSSR count). The van der Waals surface area contributed by atoms with E-state index in [1.54, 1.807) is 5.43 Å². The molecule has 0 saturated carbocycles. The molecule has 7 heteroatoms. The van der Waals surface area contributed by atoms with Gasteiger partial charge < -0.3 is 5.11 Å². The van der Waals surface area contributed by atoms with Crippen LogP contribution in [0.15, 0.2) is 0 Å². The topological polar surface area (TPSA) is 122 Å². The monoisotopic (exact) mass is 162 g/mol. The van der Waals surface area contributed by atoms with Crippen LogP contribution in [-0.4, -0.2) is 28.7 Å². The number of nitrogens with zero attached hydrogens (tertiary/aromatic N) is 1. The highest BCUT2D eigenvalue weighted by atomic mass is 16.4. The molecule has 0 bridgehead atoms. The smallest absolute Gasteiger partial charge is 0.345 e. The number of urea groups is 1. The first kappa shape index (κ1) is 9.66. The molecule has 0 aliphatic rings. The molecule has 0 aliphatic carbocycles. The number of carbonyl (C=O) groups is 2. The summed E-state index contributed by atoms with van der Waals surface area (Å²) in [5, 5.41) is 8.86. The fraction of sp³-hybridized carbons (Fsp3) is 0.500. The van der Waals surface area contributed by atoms with Crippen LogP contribution in [0.2, 0.25) is 0 Å². The molecular formula is C4H10N4O3. The van der Waals surface area contributed by atoms with Gasteiger partial charge in [0, 0.05) is 6.54 Å². The zero-order chi connectivity index (χ0) is 8.85. The standard InChI is InChI=1S/C4H10N4O3/c5-7-4(11)8(6)2-1-3(9)10/h1-2,5-6H2,(H,7,11)(H,9,10). The Morgan fingerprint density at radius 3 is 2.45 bits per heavy atom. The van der Waals surface area contributed by atoms with Crippen LogP contribution in [0.25, 0.3) is 0 Å². The lowest BCUT2D eigenvalue weighted by molar-refractivity contribution is -0.137. The maximum Gasteiger partial charge on any atom is 0.345 e. The number of hydrazine groups is 2. The number of hydrogen-bond acceptors (Lipinski definition) is 4. The molecule has 0 atom stereocenters. The van der Waals surface area contributed by atoms with Crippen LogP contribution in [0.4, 0.5) is 4.79 Å². The maximum atomic E-state index is 10.5. The fourth-order valence-electron chi connectivity index (χ4n) is 0.401. The summed E-state index contributed by atoms with van der Waals surface area (Å²) in [6.45, 7) is -0.0711. The maximum absolute atomic E-state index is 10.5. The second-order valence-corrected chi connectivity index (χ2v) is 1.79. The van der Waals surface area contributed by atoms with E-state index in [-0.39, 0.29) is 13.0 Å². The first-order valence-electron chi connectivity index (χ1n) is 2.82. The van der Waals surface area contributed by atoms with Gasteiger partial charge in [-0.1, -0.05) is 0 Å². The zero-order valence-electron chi connectivity index (χ0n) is 5.78. The van der Waals surface area contributed by atoms with Gasteiger partial charge in [0.05, 0.1) is 6.42 Å². The largest absolute Gasteiger partial charge is 0.481 e. The summed E-state index contributed by atoms with van der Waals surface area (Å²) in [6, 6.07) is -0.716. The van der Waals surface area contributed by atoms with Crippen molar-refractivity contribution in [3.05, 3.63) is 0 Å². The van der Waals surface area contributed by atoms with Crippen molar-refractivity contribution in [3.63, 3.8) is 0 Å². The summed E-state index contributed by atoms with van der Waals surface area (Å²) in [7, 11) is 0. The van der Waals surface area contributed by atoms with Crippen LogP contribution >= 0.6 is 0 Å². The van der Waals surface area contributed by atoms with Gasteiger partial charge in [-0.05, 0) is 0 Å². The van der Waals surface area contributed by atoms with Crippen LogP contribution in [-0.2, 0) is 4.79 Å². The average Bonchev–Trinajstić information content (AvgIpc) is 1.98. The molecule has 11 heavy (non-hydrogen) atoms. The summed E-state index contributed by atoms with van der Waals surface area (Å²) < 4.78 is 0. The van der Waals surface area contributed by atoms with Crippen molar-refractivity contribution in [2.45, 2.75) is 6.42 Å². The SMILES string of the molecule is NNC(=O)N(N)CCC(=O)O. The predicted octanol–water partition coefficient (Wildman–Crippen LogP) is -1.78.